The molecule has 6 heteroatoms. The second-order valence-corrected chi connectivity index (χ2v) is 17.6. The second-order valence-electron chi connectivity index (χ2n) is 17.6. The van der Waals surface area contributed by atoms with Crippen LogP contribution in [-0.2, 0) is 14.3 Å². The molecule has 0 saturated carbocycles. The van der Waals surface area contributed by atoms with E-state index in [-0.39, 0.29) is 24.9 Å². The molecule has 6 nitrogen and oxygen atoms in total. The molecular weight excluding hydrogens is 719 g/mol. The number of aliphatic hydroxyl groups is 2. The summed E-state index contributed by atoms with van der Waals surface area (Å²) >= 11 is 0. The van der Waals surface area contributed by atoms with Crippen molar-refractivity contribution >= 4 is 11.9 Å². The molecule has 0 aromatic rings. The lowest BCUT2D eigenvalue weighted by molar-refractivity contribution is -0.151. The van der Waals surface area contributed by atoms with Crippen molar-refractivity contribution in [2.45, 2.75) is 289 Å². The van der Waals surface area contributed by atoms with E-state index in [1.807, 2.05) is 0 Å². The Morgan fingerprint density at radius 2 is 0.845 bits per heavy atom. The summed E-state index contributed by atoms with van der Waals surface area (Å²) in [5.74, 6) is -0.512. The van der Waals surface area contributed by atoms with Gasteiger partial charge in [0.25, 0.3) is 0 Å². The number of esters is 1. The van der Waals surface area contributed by atoms with E-state index < -0.39 is 18.2 Å². The first-order valence-corrected chi connectivity index (χ1v) is 25.6. The first-order valence-electron chi connectivity index (χ1n) is 25.6. The van der Waals surface area contributed by atoms with Crippen LogP contribution in [0.25, 0.3) is 0 Å². The molecule has 0 aliphatic rings. The second kappa shape index (κ2) is 46.4. The zero-order chi connectivity index (χ0) is 42.4. The molecule has 0 aromatic heterocycles. The van der Waals surface area contributed by atoms with Crippen LogP contribution >= 0.6 is 0 Å². The summed E-state index contributed by atoms with van der Waals surface area (Å²) in [7, 11) is 0. The van der Waals surface area contributed by atoms with E-state index >= 15 is 0 Å². The van der Waals surface area contributed by atoms with Crippen LogP contribution in [0.5, 0.6) is 0 Å². The van der Waals surface area contributed by atoms with Gasteiger partial charge in [-0.15, -0.1) is 0 Å². The Kier molecular flexibility index (Phi) is 45.1. The number of allylic oxidation sites excluding steroid dienone is 4. The molecule has 0 bridgehead atoms. The average Bonchev–Trinajstić information content (AvgIpc) is 3.22. The minimum atomic E-state index is -0.792. The quantitative estimate of drug-likeness (QED) is 0.0323. The van der Waals surface area contributed by atoms with Gasteiger partial charge < -0.3 is 20.3 Å². The molecule has 0 aliphatic heterocycles. The Bertz CT molecular complexity index is 919. The number of hydrogen-bond donors (Lipinski definition) is 3. The zero-order valence-electron chi connectivity index (χ0n) is 38.9. The fraction of sp³-hybridized carbons (Fsp3) is 0.885. The summed E-state index contributed by atoms with van der Waals surface area (Å²) in [6.45, 7) is 6.47. The number of unbranched alkanes of at least 4 members (excludes halogenated alkanes) is 30. The van der Waals surface area contributed by atoms with Gasteiger partial charge in [0.05, 0.1) is 25.2 Å². The van der Waals surface area contributed by atoms with Gasteiger partial charge in [-0.3, -0.25) is 9.59 Å². The third-order valence-electron chi connectivity index (χ3n) is 11.8. The van der Waals surface area contributed by atoms with E-state index in [0.717, 1.165) is 64.2 Å². The number of nitrogens with one attached hydrogen (secondary N) is 1. The lowest BCUT2D eigenvalue weighted by Gasteiger charge is -2.24. The van der Waals surface area contributed by atoms with Crippen molar-refractivity contribution in [3.05, 3.63) is 24.3 Å². The van der Waals surface area contributed by atoms with Gasteiger partial charge in [0.15, 0.2) is 0 Å². The zero-order valence-corrected chi connectivity index (χ0v) is 38.9. The van der Waals surface area contributed by atoms with Crippen LogP contribution in [0.1, 0.15) is 271 Å². The van der Waals surface area contributed by atoms with Gasteiger partial charge in [0.1, 0.15) is 6.10 Å². The van der Waals surface area contributed by atoms with Crippen molar-refractivity contribution in [2.75, 3.05) is 6.61 Å². The van der Waals surface area contributed by atoms with Crippen molar-refractivity contribution in [1.82, 2.24) is 5.32 Å². The molecule has 0 spiro atoms. The fourth-order valence-electron chi connectivity index (χ4n) is 7.84. The highest BCUT2D eigenvalue weighted by Crippen LogP contribution is 2.17. The van der Waals surface area contributed by atoms with Gasteiger partial charge in [-0.25, -0.2) is 0 Å². The van der Waals surface area contributed by atoms with Crippen LogP contribution < -0.4 is 5.32 Å². The molecule has 0 heterocycles. The van der Waals surface area contributed by atoms with Gasteiger partial charge in [-0.2, -0.15) is 0 Å². The lowest BCUT2D eigenvalue weighted by atomic mass is 10.0. The van der Waals surface area contributed by atoms with Crippen LogP contribution in [0.4, 0.5) is 0 Å². The first-order chi connectivity index (χ1) is 28.5. The monoisotopic (exact) mass is 818 g/mol. The van der Waals surface area contributed by atoms with Crippen molar-refractivity contribution in [3.8, 4) is 0 Å². The number of rotatable bonds is 46. The highest BCUT2D eigenvalue weighted by molar-refractivity contribution is 5.77. The third kappa shape index (κ3) is 41.1. The fourth-order valence-corrected chi connectivity index (χ4v) is 7.84. The topological polar surface area (TPSA) is 95.9 Å². The molecule has 1 amide bonds. The molecule has 0 fully saturated rings. The highest BCUT2D eigenvalue weighted by atomic mass is 16.5. The maximum atomic E-state index is 13.2. The summed E-state index contributed by atoms with van der Waals surface area (Å²) in [6.07, 6.45) is 52.4. The Morgan fingerprint density at radius 3 is 1.26 bits per heavy atom. The summed E-state index contributed by atoms with van der Waals surface area (Å²) in [6, 6.07) is -0.708. The van der Waals surface area contributed by atoms with Crippen molar-refractivity contribution in [2.24, 2.45) is 0 Å². The molecular formula is C52H99NO5. The third-order valence-corrected chi connectivity index (χ3v) is 11.8. The molecule has 0 saturated heterocycles. The Morgan fingerprint density at radius 1 is 0.483 bits per heavy atom. The SMILES string of the molecule is CCCCCCCC/C=C\CCCCCC(=O)OC(CCC/C=C\CCCCCCCCC)CC(=O)NC(CO)C(O)CCCCCCCCCCCCCCCC. The predicted octanol–water partition coefficient (Wildman–Crippen LogP) is 15.1. The van der Waals surface area contributed by atoms with Crippen molar-refractivity contribution < 1.29 is 24.5 Å². The molecule has 3 N–H and O–H groups in total. The minimum Gasteiger partial charge on any atom is -0.462 e. The normalized spacial score (nSPS) is 13.4. The molecule has 342 valence electrons. The van der Waals surface area contributed by atoms with Gasteiger partial charge in [-0.1, -0.05) is 212 Å². The van der Waals surface area contributed by atoms with Crippen LogP contribution in [-0.4, -0.2) is 46.9 Å². The van der Waals surface area contributed by atoms with Gasteiger partial charge in [0, 0.05) is 6.42 Å². The summed E-state index contributed by atoms with van der Waals surface area (Å²) in [4.78, 5) is 26.1. The summed E-state index contributed by atoms with van der Waals surface area (Å²) in [5, 5.41) is 23.7. The van der Waals surface area contributed by atoms with E-state index in [2.05, 4.69) is 50.4 Å². The van der Waals surface area contributed by atoms with E-state index in [1.165, 1.54) is 161 Å². The maximum absolute atomic E-state index is 13.2. The number of carbonyl (C=O) groups excluding carboxylic acids is 2. The molecule has 0 aliphatic carbocycles. The van der Waals surface area contributed by atoms with E-state index in [1.54, 1.807) is 0 Å². The number of aliphatic hydroxyl groups excluding tert-OH is 2. The molecule has 0 radical (unpaired) electrons. The van der Waals surface area contributed by atoms with Gasteiger partial charge in [0.2, 0.25) is 5.91 Å². The van der Waals surface area contributed by atoms with Crippen LogP contribution in [0.15, 0.2) is 24.3 Å². The van der Waals surface area contributed by atoms with E-state index in [9.17, 15) is 19.8 Å². The van der Waals surface area contributed by atoms with Crippen LogP contribution in [0.3, 0.4) is 0 Å². The Labute approximate surface area is 361 Å². The number of ether oxygens (including phenoxy) is 1. The molecule has 0 aromatic carbocycles. The molecule has 58 heavy (non-hydrogen) atoms. The standard InChI is InChI=1S/C52H99NO5/c1-4-7-10-13-16-19-22-25-27-29-32-35-38-41-44-50(55)49(47-54)53-51(56)46-48(43-40-37-34-31-28-24-21-18-15-12-9-6-3)58-52(57)45-42-39-36-33-30-26-23-20-17-14-11-8-5-2/h26,30-31,34,48-50,54-55H,4-25,27-29,32-33,35-47H2,1-3H3,(H,53,56)/b30-26-,34-31-. The maximum Gasteiger partial charge on any atom is 0.306 e. The van der Waals surface area contributed by atoms with Crippen LogP contribution in [0.2, 0.25) is 0 Å². The number of amides is 1. The van der Waals surface area contributed by atoms with Crippen molar-refractivity contribution in [1.29, 1.82) is 0 Å². The molecule has 3 unspecified atom stereocenters. The predicted molar refractivity (Wildman–Crippen MR) is 250 cm³/mol. The smallest absolute Gasteiger partial charge is 0.306 e. The minimum absolute atomic E-state index is 0.0545. The van der Waals surface area contributed by atoms with E-state index in [4.69, 9.17) is 4.74 Å². The summed E-state index contributed by atoms with van der Waals surface area (Å²) in [5.41, 5.74) is 0. The lowest BCUT2D eigenvalue weighted by Crippen LogP contribution is -2.46. The Hall–Kier alpha value is -1.66. The Balaban J connectivity index is 4.57. The largest absolute Gasteiger partial charge is 0.462 e. The number of hydrogen-bond acceptors (Lipinski definition) is 5. The van der Waals surface area contributed by atoms with Crippen LogP contribution in [0, 0.1) is 0 Å². The molecule has 3 atom stereocenters. The van der Waals surface area contributed by atoms with Gasteiger partial charge in [-0.05, 0) is 70.6 Å². The number of carbonyl (C=O) groups is 2. The highest BCUT2D eigenvalue weighted by Gasteiger charge is 2.24. The molecule has 0 rings (SSSR count). The van der Waals surface area contributed by atoms with E-state index in [0.29, 0.717) is 19.3 Å². The summed E-state index contributed by atoms with van der Waals surface area (Å²) < 4.78 is 5.90. The van der Waals surface area contributed by atoms with Crippen molar-refractivity contribution in [3.63, 3.8) is 0 Å². The average molecular weight is 818 g/mol. The van der Waals surface area contributed by atoms with Gasteiger partial charge >= 0.3 is 5.97 Å². The first kappa shape index (κ1) is 56.3.